The summed E-state index contributed by atoms with van der Waals surface area (Å²) in [5.41, 5.74) is 6.21. The minimum Gasteiger partial charge on any atom is -0.326 e. The number of halogens is 3. The fourth-order valence-electron chi connectivity index (χ4n) is 3.28. The van der Waals surface area contributed by atoms with E-state index in [1.807, 2.05) is 0 Å². The molecule has 1 heterocycles. The molecule has 1 saturated heterocycles. The van der Waals surface area contributed by atoms with Gasteiger partial charge in [-0.2, -0.15) is 13.2 Å². The largest absolute Gasteiger partial charge is 0.401 e. The van der Waals surface area contributed by atoms with E-state index in [0.29, 0.717) is 32.2 Å². The molecule has 0 bridgehead atoms. The Bertz CT molecular complexity index is 275. The Balaban J connectivity index is 1.81. The summed E-state index contributed by atoms with van der Waals surface area (Å²) in [5.74, 6) is 0. The zero-order valence-electron chi connectivity index (χ0n) is 11.3. The maximum atomic E-state index is 12.3. The Morgan fingerprint density at radius 1 is 0.947 bits per heavy atom. The van der Waals surface area contributed by atoms with Gasteiger partial charge < -0.3 is 5.73 Å². The molecule has 2 aliphatic rings. The number of rotatable bonds is 2. The van der Waals surface area contributed by atoms with Gasteiger partial charge in [-0.3, -0.25) is 9.80 Å². The van der Waals surface area contributed by atoms with Gasteiger partial charge in [-0.25, -0.2) is 0 Å². The lowest BCUT2D eigenvalue weighted by Crippen LogP contribution is -2.56. The van der Waals surface area contributed by atoms with Crippen LogP contribution in [0, 0.1) is 0 Å². The highest BCUT2D eigenvalue weighted by atomic mass is 19.4. The molecule has 0 aromatic carbocycles. The minimum atomic E-state index is -4.08. The maximum Gasteiger partial charge on any atom is 0.401 e. The van der Waals surface area contributed by atoms with Gasteiger partial charge in [0.2, 0.25) is 0 Å². The van der Waals surface area contributed by atoms with E-state index in [1.54, 1.807) is 0 Å². The van der Waals surface area contributed by atoms with Crippen LogP contribution in [0.3, 0.4) is 0 Å². The van der Waals surface area contributed by atoms with E-state index in [0.717, 1.165) is 12.8 Å². The molecule has 0 aromatic heterocycles. The lowest BCUT2D eigenvalue weighted by Gasteiger charge is -2.41. The van der Waals surface area contributed by atoms with Crippen LogP contribution in [0.5, 0.6) is 0 Å². The molecular weight excluding hydrogens is 255 g/mol. The molecular formula is C13H24F3N3. The molecule has 2 unspecified atom stereocenters. The average Bonchev–Trinajstić information content (AvgIpc) is 2.53. The van der Waals surface area contributed by atoms with E-state index in [-0.39, 0.29) is 6.04 Å². The van der Waals surface area contributed by atoms with Gasteiger partial charge in [0.25, 0.3) is 0 Å². The molecule has 0 amide bonds. The molecule has 0 spiro atoms. The molecule has 1 aliphatic heterocycles. The van der Waals surface area contributed by atoms with Gasteiger partial charge in [-0.1, -0.05) is 19.3 Å². The first kappa shape index (κ1) is 15.1. The normalized spacial score (nSPS) is 32.2. The Morgan fingerprint density at radius 3 is 2.21 bits per heavy atom. The quantitative estimate of drug-likeness (QED) is 0.783. The van der Waals surface area contributed by atoms with Crippen LogP contribution in [-0.2, 0) is 0 Å². The third-order valence-electron chi connectivity index (χ3n) is 4.31. The van der Waals surface area contributed by atoms with Gasteiger partial charge in [0, 0.05) is 38.3 Å². The highest BCUT2D eigenvalue weighted by Crippen LogP contribution is 2.23. The van der Waals surface area contributed by atoms with Crippen molar-refractivity contribution in [1.82, 2.24) is 9.80 Å². The fraction of sp³-hybridized carbons (Fsp3) is 1.00. The van der Waals surface area contributed by atoms with Crippen LogP contribution in [0.4, 0.5) is 13.2 Å². The van der Waals surface area contributed by atoms with Crippen LogP contribution in [-0.4, -0.2) is 60.8 Å². The van der Waals surface area contributed by atoms with Crippen LogP contribution >= 0.6 is 0 Å². The monoisotopic (exact) mass is 279 g/mol. The zero-order valence-corrected chi connectivity index (χ0v) is 11.3. The zero-order chi connectivity index (χ0) is 13.9. The lowest BCUT2D eigenvalue weighted by molar-refractivity contribution is -0.150. The Labute approximate surface area is 112 Å². The van der Waals surface area contributed by atoms with Gasteiger partial charge in [0.05, 0.1) is 6.54 Å². The summed E-state index contributed by atoms with van der Waals surface area (Å²) in [7, 11) is 0. The van der Waals surface area contributed by atoms with Crippen LogP contribution in [0.2, 0.25) is 0 Å². The third kappa shape index (κ3) is 4.61. The van der Waals surface area contributed by atoms with E-state index in [9.17, 15) is 13.2 Å². The van der Waals surface area contributed by atoms with Crippen molar-refractivity contribution in [2.75, 3.05) is 32.7 Å². The van der Waals surface area contributed by atoms with E-state index in [1.165, 1.54) is 24.2 Å². The molecule has 19 heavy (non-hydrogen) atoms. The van der Waals surface area contributed by atoms with Crippen molar-refractivity contribution < 1.29 is 13.2 Å². The second kappa shape index (κ2) is 6.41. The van der Waals surface area contributed by atoms with Crippen molar-refractivity contribution in [3.63, 3.8) is 0 Å². The minimum absolute atomic E-state index is 0.191. The van der Waals surface area contributed by atoms with Gasteiger partial charge in [0.1, 0.15) is 0 Å². The molecule has 2 fully saturated rings. The van der Waals surface area contributed by atoms with Crippen molar-refractivity contribution in [2.45, 2.75) is 50.4 Å². The molecule has 2 N–H and O–H groups in total. The van der Waals surface area contributed by atoms with Crippen molar-refractivity contribution in [1.29, 1.82) is 0 Å². The number of hydrogen-bond acceptors (Lipinski definition) is 3. The van der Waals surface area contributed by atoms with Crippen LogP contribution in [0.1, 0.15) is 32.1 Å². The van der Waals surface area contributed by atoms with Gasteiger partial charge in [-0.15, -0.1) is 0 Å². The summed E-state index contributed by atoms with van der Waals surface area (Å²) >= 11 is 0. The highest BCUT2D eigenvalue weighted by Gasteiger charge is 2.34. The number of nitrogens with zero attached hydrogens (tertiary/aromatic N) is 2. The SMILES string of the molecule is NC1CCCCCC1N1CCN(CC(F)(F)F)CC1. The van der Waals surface area contributed by atoms with Crippen LogP contribution in [0.25, 0.3) is 0 Å². The second-order valence-corrected chi connectivity index (χ2v) is 5.80. The second-order valence-electron chi connectivity index (χ2n) is 5.80. The van der Waals surface area contributed by atoms with E-state index < -0.39 is 12.7 Å². The molecule has 0 radical (unpaired) electrons. The fourth-order valence-corrected chi connectivity index (χ4v) is 3.28. The highest BCUT2D eigenvalue weighted by molar-refractivity contribution is 4.87. The number of alkyl halides is 3. The number of hydrogen-bond donors (Lipinski definition) is 1. The standard InChI is InChI=1S/C13H24F3N3/c14-13(15,16)10-18-6-8-19(9-7-18)12-5-3-1-2-4-11(12)17/h11-12H,1-10,17H2. The number of piperazine rings is 1. The summed E-state index contributed by atoms with van der Waals surface area (Å²) in [6.07, 6.45) is 1.68. The number of nitrogens with two attached hydrogens (primary N) is 1. The first-order valence-corrected chi connectivity index (χ1v) is 7.24. The first-order chi connectivity index (χ1) is 8.96. The van der Waals surface area contributed by atoms with Gasteiger partial charge in [-0.05, 0) is 12.8 Å². The van der Waals surface area contributed by atoms with Gasteiger partial charge in [0.15, 0.2) is 0 Å². The molecule has 6 heteroatoms. The summed E-state index contributed by atoms with van der Waals surface area (Å²) < 4.78 is 37.0. The first-order valence-electron chi connectivity index (χ1n) is 7.24. The summed E-state index contributed by atoms with van der Waals surface area (Å²) in [6, 6.07) is 0.562. The molecule has 1 aliphatic carbocycles. The maximum absolute atomic E-state index is 12.3. The van der Waals surface area contributed by atoms with Crippen molar-refractivity contribution in [2.24, 2.45) is 5.73 Å². The van der Waals surface area contributed by atoms with Gasteiger partial charge >= 0.3 is 6.18 Å². The average molecular weight is 279 g/mol. The summed E-state index contributed by atoms with van der Waals surface area (Å²) in [5, 5.41) is 0. The lowest BCUT2D eigenvalue weighted by atomic mass is 10.0. The predicted octanol–water partition coefficient (Wildman–Crippen LogP) is 1.83. The molecule has 112 valence electrons. The van der Waals surface area contributed by atoms with Crippen LogP contribution < -0.4 is 5.73 Å². The Morgan fingerprint density at radius 2 is 1.58 bits per heavy atom. The van der Waals surface area contributed by atoms with E-state index in [4.69, 9.17) is 5.73 Å². The van der Waals surface area contributed by atoms with E-state index >= 15 is 0 Å². The molecule has 3 nitrogen and oxygen atoms in total. The molecule has 2 atom stereocenters. The smallest absolute Gasteiger partial charge is 0.326 e. The topological polar surface area (TPSA) is 32.5 Å². The molecule has 2 rings (SSSR count). The Hall–Kier alpha value is -0.330. The van der Waals surface area contributed by atoms with Crippen molar-refractivity contribution >= 4 is 0 Å². The third-order valence-corrected chi connectivity index (χ3v) is 4.31. The molecule has 0 aromatic rings. The van der Waals surface area contributed by atoms with Crippen molar-refractivity contribution in [3.05, 3.63) is 0 Å². The summed E-state index contributed by atoms with van der Waals surface area (Å²) in [6.45, 7) is 1.66. The molecule has 1 saturated carbocycles. The summed E-state index contributed by atoms with van der Waals surface area (Å²) in [4.78, 5) is 3.81. The van der Waals surface area contributed by atoms with Crippen LogP contribution in [0.15, 0.2) is 0 Å². The van der Waals surface area contributed by atoms with E-state index in [2.05, 4.69) is 4.90 Å². The predicted molar refractivity (Wildman–Crippen MR) is 68.9 cm³/mol. The Kier molecular flexibility index (Phi) is 5.09. The van der Waals surface area contributed by atoms with Crippen molar-refractivity contribution in [3.8, 4) is 0 Å².